The Labute approximate surface area is 183 Å². The summed E-state index contributed by atoms with van der Waals surface area (Å²) in [7, 11) is 1.64. The van der Waals surface area contributed by atoms with Gasteiger partial charge in [-0.3, -0.25) is 4.79 Å². The maximum atomic E-state index is 13.2. The lowest BCUT2D eigenvalue weighted by atomic mass is 9.69. The first-order valence-corrected chi connectivity index (χ1v) is 11.4. The van der Waals surface area contributed by atoms with Crippen LogP contribution in [0.4, 0.5) is 0 Å². The minimum absolute atomic E-state index is 0.0853. The van der Waals surface area contributed by atoms with E-state index in [2.05, 4.69) is 37.4 Å². The normalized spacial score (nSPS) is 25.5. The molecule has 1 aromatic carbocycles. The van der Waals surface area contributed by atoms with Crippen molar-refractivity contribution >= 4 is 17.5 Å². The number of carbonyl (C=O) groups excluding carboxylic acids is 1. The number of Topliss-reactive ketones (excluding diaryl/α,β-unsaturated/α-hetero) is 1. The summed E-state index contributed by atoms with van der Waals surface area (Å²) in [6.45, 7) is 4.28. The van der Waals surface area contributed by atoms with Crippen molar-refractivity contribution in [3.8, 4) is 11.8 Å². The van der Waals surface area contributed by atoms with Crippen molar-refractivity contribution < 1.29 is 9.53 Å². The van der Waals surface area contributed by atoms with E-state index in [1.807, 2.05) is 24.3 Å². The molecule has 0 saturated carbocycles. The SMILES string of the molecule is COc1ccc(C2C(C#N)=C(SC3C=CCCC3)NC3=C2C(=O)CC(C)(C)C3)cc1. The van der Waals surface area contributed by atoms with Gasteiger partial charge in [0.2, 0.25) is 0 Å². The van der Waals surface area contributed by atoms with Crippen molar-refractivity contribution in [2.45, 2.75) is 57.1 Å². The molecular weight excluding hydrogens is 392 g/mol. The van der Waals surface area contributed by atoms with Crippen LogP contribution < -0.4 is 10.1 Å². The monoisotopic (exact) mass is 420 g/mol. The van der Waals surface area contributed by atoms with E-state index in [0.29, 0.717) is 17.2 Å². The molecule has 30 heavy (non-hydrogen) atoms. The molecule has 0 bridgehead atoms. The molecule has 1 aliphatic heterocycles. The van der Waals surface area contributed by atoms with E-state index < -0.39 is 0 Å². The average Bonchev–Trinajstić information content (AvgIpc) is 2.73. The van der Waals surface area contributed by atoms with Gasteiger partial charge < -0.3 is 10.1 Å². The van der Waals surface area contributed by atoms with Gasteiger partial charge in [0.1, 0.15) is 5.75 Å². The van der Waals surface area contributed by atoms with Crippen LogP contribution >= 0.6 is 11.8 Å². The largest absolute Gasteiger partial charge is 0.497 e. The first kappa shape index (κ1) is 20.8. The molecule has 0 spiro atoms. The smallest absolute Gasteiger partial charge is 0.162 e. The number of hydrogen-bond acceptors (Lipinski definition) is 5. The lowest BCUT2D eigenvalue weighted by molar-refractivity contribution is -0.118. The summed E-state index contributed by atoms with van der Waals surface area (Å²) < 4.78 is 5.31. The van der Waals surface area contributed by atoms with Gasteiger partial charge >= 0.3 is 0 Å². The summed E-state index contributed by atoms with van der Waals surface area (Å²) in [6.07, 6.45) is 9.20. The van der Waals surface area contributed by atoms with E-state index in [9.17, 15) is 10.1 Å². The number of methoxy groups -OCH3 is 1. The molecule has 1 aromatic rings. The molecule has 2 unspecified atom stereocenters. The van der Waals surface area contributed by atoms with Crippen molar-refractivity contribution in [3.63, 3.8) is 0 Å². The molecule has 4 rings (SSSR count). The second-order valence-corrected chi connectivity index (χ2v) is 10.3. The lowest BCUT2D eigenvalue weighted by Crippen LogP contribution is -2.37. The summed E-state index contributed by atoms with van der Waals surface area (Å²) in [5, 5.41) is 15.0. The van der Waals surface area contributed by atoms with Crippen LogP contribution in [0.2, 0.25) is 0 Å². The zero-order valence-corrected chi connectivity index (χ0v) is 18.6. The highest BCUT2D eigenvalue weighted by Gasteiger charge is 2.42. The minimum atomic E-state index is -0.323. The molecule has 2 atom stereocenters. The summed E-state index contributed by atoms with van der Waals surface area (Å²) in [5.74, 6) is 0.585. The number of ether oxygens (including phenoxy) is 1. The standard InChI is InChI=1S/C25H28N2O2S/c1-25(2)13-20-23(21(28)14-25)22(16-9-11-17(29-3)12-10-16)19(15-26)24(27-20)30-18-7-5-4-6-8-18/h5,7,9-12,18,22,27H,4,6,8,13-14H2,1-3H3. The molecule has 5 heteroatoms. The van der Waals surface area contributed by atoms with Crippen LogP contribution in [0, 0.1) is 16.7 Å². The quantitative estimate of drug-likeness (QED) is 0.642. The summed E-state index contributed by atoms with van der Waals surface area (Å²) in [4.78, 5) is 13.2. The number of hydrogen-bond donors (Lipinski definition) is 1. The fraction of sp³-hybridized carbons (Fsp3) is 0.440. The molecule has 0 aromatic heterocycles. The zero-order valence-electron chi connectivity index (χ0n) is 17.8. The molecule has 2 aliphatic carbocycles. The fourth-order valence-corrected chi connectivity index (χ4v) is 5.88. The number of allylic oxidation sites excluding steroid dienone is 4. The van der Waals surface area contributed by atoms with E-state index >= 15 is 0 Å². The molecule has 0 fully saturated rings. The first-order valence-electron chi connectivity index (χ1n) is 10.6. The van der Waals surface area contributed by atoms with Crippen molar-refractivity contribution in [1.29, 1.82) is 5.26 Å². The number of rotatable bonds is 4. The van der Waals surface area contributed by atoms with Crippen molar-refractivity contribution in [2.75, 3.05) is 7.11 Å². The Morgan fingerprint density at radius 2 is 2.00 bits per heavy atom. The number of nitrogens with zero attached hydrogens (tertiary/aromatic N) is 1. The van der Waals surface area contributed by atoms with Crippen LogP contribution in [-0.2, 0) is 4.79 Å². The molecular formula is C25H28N2O2S. The van der Waals surface area contributed by atoms with Gasteiger partial charge in [-0.25, -0.2) is 0 Å². The predicted molar refractivity (Wildman–Crippen MR) is 121 cm³/mol. The number of thioether (sulfide) groups is 1. The molecule has 1 heterocycles. The Morgan fingerprint density at radius 3 is 2.63 bits per heavy atom. The molecule has 4 nitrogen and oxygen atoms in total. The van der Waals surface area contributed by atoms with Crippen LogP contribution in [0.25, 0.3) is 0 Å². The third-order valence-electron chi connectivity index (χ3n) is 6.06. The Morgan fingerprint density at radius 1 is 1.23 bits per heavy atom. The van der Waals surface area contributed by atoms with Crippen molar-refractivity contribution in [1.82, 2.24) is 5.32 Å². The van der Waals surface area contributed by atoms with E-state index in [4.69, 9.17) is 4.74 Å². The molecule has 0 amide bonds. The van der Waals surface area contributed by atoms with Gasteiger partial charge in [0, 0.05) is 22.9 Å². The Kier molecular flexibility index (Phi) is 5.79. The van der Waals surface area contributed by atoms with Gasteiger partial charge in [0.25, 0.3) is 0 Å². The highest BCUT2D eigenvalue weighted by Crippen LogP contribution is 2.48. The number of ketones is 1. The topological polar surface area (TPSA) is 62.1 Å². The van der Waals surface area contributed by atoms with Crippen LogP contribution in [0.3, 0.4) is 0 Å². The maximum absolute atomic E-state index is 13.2. The third kappa shape index (κ3) is 4.06. The summed E-state index contributed by atoms with van der Waals surface area (Å²) in [6, 6.07) is 10.2. The number of benzene rings is 1. The second-order valence-electron chi connectivity index (χ2n) is 9.03. The van der Waals surface area contributed by atoms with Crippen LogP contribution in [0.5, 0.6) is 5.75 Å². The van der Waals surface area contributed by atoms with Gasteiger partial charge in [-0.15, -0.1) is 0 Å². The highest BCUT2D eigenvalue weighted by molar-refractivity contribution is 8.03. The van der Waals surface area contributed by atoms with Crippen LogP contribution in [-0.4, -0.2) is 18.1 Å². The molecule has 0 saturated heterocycles. The van der Waals surface area contributed by atoms with Gasteiger partial charge in [-0.2, -0.15) is 5.26 Å². The number of carbonyl (C=O) groups is 1. The second kappa shape index (κ2) is 8.35. The predicted octanol–water partition coefficient (Wildman–Crippen LogP) is 5.60. The minimum Gasteiger partial charge on any atom is -0.497 e. The molecule has 3 aliphatic rings. The lowest BCUT2D eigenvalue weighted by Gasteiger charge is -2.39. The highest BCUT2D eigenvalue weighted by atomic mass is 32.2. The Bertz CT molecular complexity index is 979. The number of nitriles is 1. The first-order chi connectivity index (χ1) is 14.4. The van der Waals surface area contributed by atoms with Crippen molar-refractivity contribution in [2.24, 2.45) is 5.41 Å². The van der Waals surface area contributed by atoms with E-state index in [1.54, 1.807) is 18.9 Å². The van der Waals surface area contributed by atoms with Gasteiger partial charge in [0.15, 0.2) is 5.78 Å². The molecule has 0 radical (unpaired) electrons. The fourth-order valence-electron chi connectivity index (χ4n) is 4.63. The van der Waals surface area contributed by atoms with E-state index in [1.165, 1.54) is 6.42 Å². The zero-order chi connectivity index (χ0) is 21.3. The summed E-state index contributed by atoms with van der Waals surface area (Å²) in [5.41, 5.74) is 3.28. The third-order valence-corrected chi connectivity index (χ3v) is 7.31. The van der Waals surface area contributed by atoms with Gasteiger partial charge in [0.05, 0.1) is 29.7 Å². The average molecular weight is 421 g/mol. The van der Waals surface area contributed by atoms with E-state index in [-0.39, 0.29) is 17.1 Å². The van der Waals surface area contributed by atoms with Crippen molar-refractivity contribution in [3.05, 3.63) is 63.9 Å². The molecule has 1 N–H and O–H groups in total. The maximum Gasteiger partial charge on any atom is 0.162 e. The van der Waals surface area contributed by atoms with Crippen LogP contribution in [0.15, 0.2) is 58.3 Å². The Hall–Kier alpha value is -2.45. The van der Waals surface area contributed by atoms with E-state index in [0.717, 1.165) is 46.9 Å². The Balaban J connectivity index is 1.80. The number of nitrogens with one attached hydrogen (secondary N) is 1. The van der Waals surface area contributed by atoms with Gasteiger partial charge in [-0.1, -0.05) is 49.9 Å². The summed E-state index contributed by atoms with van der Waals surface area (Å²) >= 11 is 1.73. The van der Waals surface area contributed by atoms with Crippen LogP contribution in [0.1, 0.15) is 57.4 Å². The molecule has 156 valence electrons. The van der Waals surface area contributed by atoms with Gasteiger partial charge in [-0.05, 0) is 48.8 Å². The number of dihydropyridines is 1.